The maximum Gasteiger partial charge on any atom is 0.145 e. The van der Waals surface area contributed by atoms with Crippen molar-refractivity contribution in [2.75, 3.05) is 6.61 Å². The van der Waals surface area contributed by atoms with Gasteiger partial charge in [0, 0.05) is 17.9 Å². The lowest BCUT2D eigenvalue weighted by Gasteiger charge is -2.15. The second-order valence-electron chi connectivity index (χ2n) is 4.57. The highest BCUT2D eigenvalue weighted by atomic mass is 35.5. The largest absolute Gasteiger partial charge is 0.493 e. The zero-order chi connectivity index (χ0) is 12.5. The van der Waals surface area contributed by atoms with E-state index in [0.29, 0.717) is 18.8 Å². The highest BCUT2D eigenvalue weighted by molar-refractivity contribution is 6.30. The summed E-state index contributed by atoms with van der Waals surface area (Å²) in [7, 11) is 0. The Labute approximate surface area is 104 Å². The van der Waals surface area contributed by atoms with Crippen LogP contribution in [-0.4, -0.2) is 12.4 Å². The van der Waals surface area contributed by atoms with Gasteiger partial charge in [0.05, 0.1) is 17.5 Å². The average molecular weight is 257 g/mol. The highest BCUT2D eigenvalue weighted by Crippen LogP contribution is 2.48. The average Bonchev–Trinajstić information content (AvgIpc) is 2.99. The normalized spacial score (nSPS) is 16.6. The summed E-state index contributed by atoms with van der Waals surface area (Å²) in [5, 5.41) is 7.37. The van der Waals surface area contributed by atoms with E-state index in [-0.39, 0.29) is 16.3 Å². The number of benzene rings is 1. The van der Waals surface area contributed by atoms with Gasteiger partial charge in [-0.05, 0) is 25.0 Å². The van der Waals surface area contributed by atoms with Crippen LogP contribution in [0.15, 0.2) is 18.2 Å². The van der Waals surface area contributed by atoms with Gasteiger partial charge < -0.3 is 10.5 Å². The molecule has 0 bridgehead atoms. The van der Waals surface area contributed by atoms with Gasteiger partial charge in [-0.1, -0.05) is 11.6 Å². The topological polar surface area (TPSA) is 59.1 Å². The van der Waals surface area contributed by atoms with Crippen LogP contribution in [0, 0.1) is 16.6 Å². The predicted octanol–water partition coefficient (Wildman–Crippen LogP) is 2.96. The van der Waals surface area contributed by atoms with Crippen molar-refractivity contribution in [1.29, 1.82) is 5.41 Å². The molecule has 3 N–H and O–H groups in total. The van der Waals surface area contributed by atoms with E-state index in [4.69, 9.17) is 27.5 Å². The third-order valence-corrected chi connectivity index (χ3v) is 3.27. The Kier molecular flexibility index (Phi) is 3.24. The number of nitrogens with one attached hydrogen (secondary N) is 1. The standard InChI is InChI=1S/C12H14ClFN2O/c13-9-2-1-8(5-10(9)14)17-7-12(3-4-12)6-11(15)16/h1-2,5H,3-4,6-7H2,(H3,15,16). The quantitative estimate of drug-likeness (QED) is 0.629. The van der Waals surface area contributed by atoms with Crippen LogP contribution in [0.3, 0.4) is 0 Å². The number of halogens is 2. The van der Waals surface area contributed by atoms with Gasteiger partial charge in [0.2, 0.25) is 0 Å². The zero-order valence-corrected chi connectivity index (χ0v) is 10.1. The Morgan fingerprint density at radius 2 is 2.24 bits per heavy atom. The molecular weight excluding hydrogens is 243 g/mol. The fourth-order valence-corrected chi connectivity index (χ4v) is 1.87. The molecule has 0 heterocycles. The molecule has 0 aliphatic heterocycles. The number of hydrogen-bond acceptors (Lipinski definition) is 2. The second kappa shape index (κ2) is 4.53. The lowest BCUT2D eigenvalue weighted by molar-refractivity contribution is 0.237. The minimum absolute atomic E-state index is 0.0120. The first-order valence-corrected chi connectivity index (χ1v) is 5.79. The lowest BCUT2D eigenvalue weighted by atomic mass is 10.0. The maximum absolute atomic E-state index is 13.2. The van der Waals surface area contributed by atoms with E-state index in [1.807, 2.05) is 0 Å². The van der Waals surface area contributed by atoms with Crippen molar-refractivity contribution in [3.05, 3.63) is 29.0 Å². The van der Waals surface area contributed by atoms with Gasteiger partial charge in [0.25, 0.3) is 0 Å². The molecule has 1 aromatic carbocycles. The van der Waals surface area contributed by atoms with Crippen molar-refractivity contribution in [3.63, 3.8) is 0 Å². The molecule has 1 aliphatic rings. The molecule has 0 unspecified atom stereocenters. The van der Waals surface area contributed by atoms with Gasteiger partial charge in [-0.2, -0.15) is 0 Å². The molecule has 0 spiro atoms. The Balaban J connectivity index is 1.94. The van der Waals surface area contributed by atoms with Crippen LogP contribution in [-0.2, 0) is 0 Å². The van der Waals surface area contributed by atoms with Crippen LogP contribution in [0.2, 0.25) is 5.02 Å². The molecule has 0 aromatic heterocycles. The van der Waals surface area contributed by atoms with Crippen LogP contribution < -0.4 is 10.5 Å². The summed E-state index contributed by atoms with van der Waals surface area (Å²) >= 11 is 5.58. The minimum Gasteiger partial charge on any atom is -0.493 e. The summed E-state index contributed by atoms with van der Waals surface area (Å²) < 4.78 is 18.7. The minimum atomic E-state index is -0.486. The van der Waals surface area contributed by atoms with E-state index in [1.165, 1.54) is 12.1 Å². The Hall–Kier alpha value is -1.29. The first-order valence-electron chi connectivity index (χ1n) is 5.42. The summed E-state index contributed by atoms with van der Waals surface area (Å²) in [6, 6.07) is 4.37. The van der Waals surface area contributed by atoms with Crippen LogP contribution in [0.1, 0.15) is 19.3 Å². The highest BCUT2D eigenvalue weighted by Gasteiger charge is 2.43. The maximum atomic E-state index is 13.2. The van der Waals surface area contributed by atoms with Crippen LogP contribution >= 0.6 is 11.6 Å². The Morgan fingerprint density at radius 1 is 1.53 bits per heavy atom. The van der Waals surface area contributed by atoms with Crippen molar-refractivity contribution in [3.8, 4) is 5.75 Å². The first-order chi connectivity index (χ1) is 8.01. The number of ether oxygens (including phenoxy) is 1. The van der Waals surface area contributed by atoms with Crippen molar-refractivity contribution in [2.24, 2.45) is 11.1 Å². The van der Waals surface area contributed by atoms with Crippen molar-refractivity contribution in [2.45, 2.75) is 19.3 Å². The molecule has 17 heavy (non-hydrogen) atoms. The van der Waals surface area contributed by atoms with Crippen LogP contribution in [0.5, 0.6) is 5.75 Å². The summed E-state index contributed by atoms with van der Waals surface area (Å²) in [4.78, 5) is 0. The Morgan fingerprint density at radius 3 is 2.76 bits per heavy atom. The summed E-state index contributed by atoms with van der Waals surface area (Å²) in [5.41, 5.74) is 5.37. The van der Waals surface area contributed by atoms with Crippen molar-refractivity contribution >= 4 is 17.4 Å². The van der Waals surface area contributed by atoms with Gasteiger partial charge in [-0.15, -0.1) is 0 Å². The van der Waals surface area contributed by atoms with Gasteiger partial charge in [0.15, 0.2) is 0 Å². The molecular formula is C12H14ClFN2O. The monoisotopic (exact) mass is 256 g/mol. The fourth-order valence-electron chi connectivity index (χ4n) is 1.76. The van der Waals surface area contributed by atoms with E-state index in [9.17, 15) is 4.39 Å². The number of nitrogens with two attached hydrogens (primary N) is 1. The van der Waals surface area contributed by atoms with E-state index >= 15 is 0 Å². The molecule has 3 nitrogen and oxygen atoms in total. The van der Waals surface area contributed by atoms with Gasteiger partial charge in [-0.3, -0.25) is 5.41 Å². The molecule has 1 aromatic rings. The van der Waals surface area contributed by atoms with Gasteiger partial charge >= 0.3 is 0 Å². The van der Waals surface area contributed by atoms with E-state index in [1.54, 1.807) is 6.07 Å². The number of amidine groups is 1. The first kappa shape index (κ1) is 12.2. The number of rotatable bonds is 5. The molecule has 1 saturated carbocycles. The van der Waals surface area contributed by atoms with Crippen molar-refractivity contribution < 1.29 is 9.13 Å². The second-order valence-corrected chi connectivity index (χ2v) is 4.97. The predicted molar refractivity (Wildman–Crippen MR) is 65.1 cm³/mol. The third kappa shape index (κ3) is 3.09. The smallest absolute Gasteiger partial charge is 0.145 e. The molecule has 0 amide bonds. The van der Waals surface area contributed by atoms with Crippen molar-refractivity contribution in [1.82, 2.24) is 0 Å². The number of hydrogen-bond donors (Lipinski definition) is 2. The summed E-state index contributed by atoms with van der Waals surface area (Å²) in [6.45, 7) is 0.466. The SMILES string of the molecule is N=C(N)CC1(COc2ccc(Cl)c(F)c2)CC1. The Bertz CT molecular complexity index is 446. The van der Waals surface area contributed by atoms with Gasteiger partial charge in [0.1, 0.15) is 11.6 Å². The molecule has 1 aliphatic carbocycles. The fraction of sp³-hybridized carbons (Fsp3) is 0.417. The van der Waals surface area contributed by atoms with Gasteiger partial charge in [-0.25, -0.2) is 4.39 Å². The molecule has 1 fully saturated rings. The van der Waals surface area contributed by atoms with E-state index in [2.05, 4.69) is 0 Å². The van der Waals surface area contributed by atoms with Crippen LogP contribution in [0.25, 0.3) is 0 Å². The molecule has 0 saturated heterocycles. The zero-order valence-electron chi connectivity index (χ0n) is 9.30. The van der Waals surface area contributed by atoms with Crippen LogP contribution in [0.4, 0.5) is 4.39 Å². The lowest BCUT2D eigenvalue weighted by Crippen LogP contribution is -2.21. The van der Waals surface area contributed by atoms with E-state index in [0.717, 1.165) is 12.8 Å². The molecule has 0 atom stereocenters. The molecule has 5 heteroatoms. The van der Waals surface area contributed by atoms with E-state index < -0.39 is 5.82 Å². The summed E-state index contributed by atoms with van der Waals surface area (Å²) in [5.74, 6) is 0.149. The summed E-state index contributed by atoms with van der Waals surface area (Å²) in [6.07, 6.45) is 2.55. The molecule has 0 radical (unpaired) electrons. The molecule has 2 rings (SSSR count). The third-order valence-electron chi connectivity index (χ3n) is 2.96. The molecule has 92 valence electrons.